The standard InChI is InChI=1S/C13H20N2O4/c1-5-6-14-7-8-15(10(9-14)11(16)17)12(18)19-13(2,3)4/h1,10H,6-9H2,2-4H3,(H,16,17). The van der Waals surface area contributed by atoms with Crippen molar-refractivity contribution < 1.29 is 19.4 Å². The zero-order chi connectivity index (χ0) is 14.6. The molecule has 1 atom stereocenters. The average Bonchev–Trinajstić information content (AvgIpc) is 2.26. The van der Waals surface area contributed by atoms with Crippen LogP contribution in [0.2, 0.25) is 0 Å². The second-order valence-corrected chi connectivity index (χ2v) is 5.47. The van der Waals surface area contributed by atoms with Gasteiger partial charge >= 0.3 is 12.1 Å². The third kappa shape index (κ3) is 4.45. The van der Waals surface area contributed by atoms with Gasteiger partial charge in [0.25, 0.3) is 0 Å². The van der Waals surface area contributed by atoms with Gasteiger partial charge in [-0.1, -0.05) is 5.92 Å². The third-order valence-corrected chi connectivity index (χ3v) is 2.69. The summed E-state index contributed by atoms with van der Waals surface area (Å²) >= 11 is 0. The first-order chi connectivity index (χ1) is 8.74. The quantitative estimate of drug-likeness (QED) is 0.744. The number of terminal acetylenes is 1. The normalized spacial score (nSPS) is 20.7. The van der Waals surface area contributed by atoms with Crippen molar-refractivity contribution in [3.05, 3.63) is 0 Å². The van der Waals surface area contributed by atoms with E-state index in [9.17, 15) is 14.7 Å². The highest BCUT2D eigenvalue weighted by molar-refractivity contribution is 5.80. The summed E-state index contributed by atoms with van der Waals surface area (Å²) in [6.45, 7) is 6.69. The SMILES string of the molecule is C#CCN1CCN(C(=O)OC(C)(C)C)C(C(=O)O)C1. The van der Waals surface area contributed by atoms with Gasteiger partial charge in [0.05, 0.1) is 6.54 Å². The van der Waals surface area contributed by atoms with Crippen LogP contribution >= 0.6 is 0 Å². The van der Waals surface area contributed by atoms with Crippen molar-refractivity contribution in [2.45, 2.75) is 32.4 Å². The summed E-state index contributed by atoms with van der Waals surface area (Å²) in [6.07, 6.45) is 4.62. The summed E-state index contributed by atoms with van der Waals surface area (Å²) in [4.78, 5) is 26.3. The fourth-order valence-corrected chi connectivity index (χ4v) is 1.86. The van der Waals surface area contributed by atoms with Crippen LogP contribution in [0.25, 0.3) is 0 Å². The van der Waals surface area contributed by atoms with E-state index >= 15 is 0 Å². The van der Waals surface area contributed by atoms with Crippen LogP contribution in [0.1, 0.15) is 20.8 Å². The van der Waals surface area contributed by atoms with Gasteiger partial charge in [-0.05, 0) is 20.8 Å². The van der Waals surface area contributed by atoms with Crippen LogP contribution in [0.15, 0.2) is 0 Å². The highest BCUT2D eigenvalue weighted by atomic mass is 16.6. The molecule has 1 rings (SSSR count). The number of carboxylic acid groups (broad SMARTS) is 1. The lowest BCUT2D eigenvalue weighted by atomic mass is 10.1. The minimum absolute atomic E-state index is 0.221. The number of aliphatic carboxylic acids is 1. The largest absolute Gasteiger partial charge is 0.480 e. The molecule has 0 saturated carbocycles. The highest BCUT2D eigenvalue weighted by Crippen LogP contribution is 2.16. The molecule has 1 fully saturated rings. The Balaban J connectivity index is 2.75. The van der Waals surface area contributed by atoms with Gasteiger partial charge in [0.15, 0.2) is 0 Å². The summed E-state index contributed by atoms with van der Waals surface area (Å²) in [7, 11) is 0. The Hall–Kier alpha value is -1.74. The zero-order valence-electron chi connectivity index (χ0n) is 11.5. The van der Waals surface area contributed by atoms with E-state index in [4.69, 9.17) is 11.2 Å². The molecule has 0 bridgehead atoms. The molecular formula is C13H20N2O4. The van der Waals surface area contributed by atoms with Gasteiger partial charge in [0.1, 0.15) is 11.6 Å². The molecule has 1 saturated heterocycles. The average molecular weight is 268 g/mol. The minimum atomic E-state index is -1.05. The number of ether oxygens (including phenoxy) is 1. The number of piperazine rings is 1. The topological polar surface area (TPSA) is 70.1 Å². The molecule has 6 nitrogen and oxygen atoms in total. The van der Waals surface area contributed by atoms with Crippen LogP contribution in [0, 0.1) is 12.3 Å². The van der Waals surface area contributed by atoms with Crippen LogP contribution in [0.4, 0.5) is 4.79 Å². The summed E-state index contributed by atoms with van der Waals surface area (Å²) in [5.41, 5.74) is -0.643. The second kappa shape index (κ2) is 5.93. The molecular weight excluding hydrogens is 248 g/mol. The lowest BCUT2D eigenvalue weighted by Gasteiger charge is -2.39. The van der Waals surface area contributed by atoms with E-state index in [0.717, 1.165) is 0 Å². The van der Waals surface area contributed by atoms with Crippen molar-refractivity contribution in [1.82, 2.24) is 9.80 Å². The van der Waals surface area contributed by atoms with Gasteiger partial charge in [-0.25, -0.2) is 9.59 Å². The van der Waals surface area contributed by atoms with Crippen molar-refractivity contribution in [2.24, 2.45) is 0 Å². The number of rotatable bonds is 2. The molecule has 1 aliphatic heterocycles. The molecule has 19 heavy (non-hydrogen) atoms. The van der Waals surface area contributed by atoms with E-state index < -0.39 is 23.7 Å². The van der Waals surface area contributed by atoms with Gasteiger partial charge in [-0.3, -0.25) is 9.80 Å². The molecule has 106 valence electrons. The first kappa shape index (κ1) is 15.3. The Labute approximate surface area is 113 Å². The van der Waals surface area contributed by atoms with Crippen molar-refractivity contribution in [3.63, 3.8) is 0 Å². The predicted molar refractivity (Wildman–Crippen MR) is 69.6 cm³/mol. The number of hydrogen-bond acceptors (Lipinski definition) is 4. The van der Waals surface area contributed by atoms with E-state index in [1.54, 1.807) is 20.8 Å². The third-order valence-electron chi connectivity index (χ3n) is 2.69. The monoisotopic (exact) mass is 268 g/mol. The maximum Gasteiger partial charge on any atom is 0.411 e. The summed E-state index contributed by atoms with van der Waals surface area (Å²) < 4.78 is 5.22. The number of amides is 1. The Bertz CT molecular complexity index is 394. The molecule has 1 aliphatic rings. The van der Waals surface area contributed by atoms with Gasteiger partial charge in [0, 0.05) is 19.6 Å². The molecule has 1 amide bonds. The van der Waals surface area contributed by atoms with E-state index in [0.29, 0.717) is 19.6 Å². The minimum Gasteiger partial charge on any atom is -0.480 e. The summed E-state index contributed by atoms with van der Waals surface area (Å²) in [6, 6.07) is -0.919. The van der Waals surface area contributed by atoms with Gasteiger partial charge in [-0.2, -0.15) is 0 Å². The molecule has 0 aromatic heterocycles. The highest BCUT2D eigenvalue weighted by Gasteiger charge is 2.37. The van der Waals surface area contributed by atoms with E-state index in [2.05, 4.69) is 5.92 Å². The van der Waals surface area contributed by atoms with Crippen LogP contribution in [0.5, 0.6) is 0 Å². The van der Waals surface area contributed by atoms with Crippen molar-refractivity contribution in [3.8, 4) is 12.3 Å². The van der Waals surface area contributed by atoms with E-state index in [1.807, 2.05) is 4.90 Å². The number of hydrogen-bond donors (Lipinski definition) is 1. The lowest BCUT2D eigenvalue weighted by molar-refractivity contribution is -0.145. The summed E-state index contributed by atoms with van der Waals surface area (Å²) in [5.74, 6) is 1.43. The Morgan fingerprint density at radius 2 is 2.05 bits per heavy atom. The molecule has 1 heterocycles. The first-order valence-electron chi connectivity index (χ1n) is 6.13. The molecule has 0 aromatic rings. The maximum absolute atomic E-state index is 12.0. The van der Waals surface area contributed by atoms with Crippen molar-refractivity contribution in [1.29, 1.82) is 0 Å². The van der Waals surface area contributed by atoms with Crippen LogP contribution < -0.4 is 0 Å². The smallest absolute Gasteiger partial charge is 0.411 e. The molecule has 1 N–H and O–H groups in total. The Morgan fingerprint density at radius 1 is 1.42 bits per heavy atom. The Morgan fingerprint density at radius 3 is 2.53 bits per heavy atom. The van der Waals surface area contributed by atoms with Crippen LogP contribution in [-0.2, 0) is 9.53 Å². The van der Waals surface area contributed by atoms with Gasteiger partial charge in [-0.15, -0.1) is 6.42 Å². The lowest BCUT2D eigenvalue weighted by Crippen LogP contribution is -2.59. The van der Waals surface area contributed by atoms with Crippen LogP contribution in [0.3, 0.4) is 0 Å². The number of nitrogens with zero attached hydrogens (tertiary/aromatic N) is 2. The number of carboxylic acids is 1. The van der Waals surface area contributed by atoms with Crippen molar-refractivity contribution >= 4 is 12.1 Å². The molecule has 6 heteroatoms. The molecule has 0 aromatic carbocycles. The fourth-order valence-electron chi connectivity index (χ4n) is 1.86. The number of carbonyl (C=O) groups is 2. The number of carbonyl (C=O) groups excluding carboxylic acids is 1. The zero-order valence-corrected chi connectivity index (χ0v) is 11.5. The Kier molecular flexibility index (Phi) is 4.78. The van der Waals surface area contributed by atoms with Gasteiger partial charge < -0.3 is 9.84 Å². The second-order valence-electron chi connectivity index (χ2n) is 5.47. The van der Waals surface area contributed by atoms with Gasteiger partial charge in [0.2, 0.25) is 0 Å². The van der Waals surface area contributed by atoms with E-state index in [-0.39, 0.29) is 6.54 Å². The molecule has 1 unspecified atom stereocenters. The predicted octanol–water partition coefficient (Wildman–Crippen LogP) is 0.625. The van der Waals surface area contributed by atoms with E-state index in [1.165, 1.54) is 4.90 Å². The first-order valence-corrected chi connectivity index (χ1v) is 6.13. The molecule has 0 radical (unpaired) electrons. The van der Waals surface area contributed by atoms with Crippen molar-refractivity contribution in [2.75, 3.05) is 26.2 Å². The van der Waals surface area contributed by atoms with Crippen LogP contribution in [-0.4, -0.2) is 64.8 Å². The fraction of sp³-hybridized carbons (Fsp3) is 0.692. The molecule has 0 aliphatic carbocycles. The molecule has 0 spiro atoms. The summed E-state index contributed by atoms with van der Waals surface area (Å²) in [5, 5.41) is 9.21. The maximum atomic E-state index is 12.0.